The number of esters is 1. The third-order valence-corrected chi connectivity index (χ3v) is 3.01. The van der Waals surface area contributed by atoms with E-state index >= 15 is 0 Å². The van der Waals surface area contributed by atoms with Gasteiger partial charge in [-0.3, -0.25) is 4.79 Å². The number of carboxylic acids is 2. The molecule has 140 valence electrons. The Morgan fingerprint density at radius 3 is 2.04 bits per heavy atom. The number of carbonyl (C=O) groups excluding carboxylic acids is 1. The lowest BCUT2D eigenvalue weighted by Gasteiger charge is -2.09. The van der Waals surface area contributed by atoms with Crippen LogP contribution in [0.3, 0.4) is 0 Å². The zero-order valence-electron chi connectivity index (χ0n) is 13.7. The summed E-state index contributed by atoms with van der Waals surface area (Å²) in [6, 6.07) is 4.30. The topological polar surface area (TPSA) is 176 Å². The highest BCUT2D eigenvalue weighted by atomic mass is 16.5. The summed E-state index contributed by atoms with van der Waals surface area (Å²) in [6.07, 6.45) is 3.46. The fraction of sp³-hybridized carbons (Fsp3) is 0.250. The number of aliphatic hydroxyl groups excluding tert-OH is 1. The fourth-order valence-electron chi connectivity index (χ4n) is 1.73. The van der Waals surface area contributed by atoms with Gasteiger partial charge in [0.05, 0.1) is 24.1 Å². The maximum Gasteiger partial charge on any atom is 0.335 e. The molecule has 1 aromatic heterocycles. The summed E-state index contributed by atoms with van der Waals surface area (Å²) in [5.41, 5.74) is 6.49. The first-order valence-corrected chi connectivity index (χ1v) is 7.42. The lowest BCUT2D eigenvalue weighted by molar-refractivity contribution is -0.146. The molecule has 0 amide bonds. The quantitative estimate of drug-likeness (QED) is 0.419. The van der Waals surface area contributed by atoms with E-state index in [-0.39, 0.29) is 24.3 Å². The number of nitrogens with two attached hydrogens (primary N) is 1. The summed E-state index contributed by atoms with van der Waals surface area (Å²) in [5.74, 6) is -2.65. The molecule has 26 heavy (non-hydrogen) atoms. The molecule has 0 spiro atoms. The van der Waals surface area contributed by atoms with Gasteiger partial charge in [-0.15, -0.1) is 0 Å². The second-order valence-corrected chi connectivity index (χ2v) is 4.97. The summed E-state index contributed by atoms with van der Waals surface area (Å²) in [5, 5.41) is 25.4. The molecule has 2 rings (SSSR count). The molecule has 10 nitrogen and oxygen atoms in total. The molecule has 0 fully saturated rings. The Bertz CT molecular complexity index is 681. The van der Waals surface area contributed by atoms with Crippen LogP contribution in [0.4, 0.5) is 0 Å². The van der Waals surface area contributed by atoms with Crippen molar-refractivity contribution in [2.45, 2.75) is 12.5 Å². The summed E-state index contributed by atoms with van der Waals surface area (Å²) in [4.78, 5) is 38.4. The average molecular weight is 365 g/mol. The highest BCUT2D eigenvalue weighted by Crippen LogP contribution is 2.03. The molecular weight excluding hydrogens is 346 g/mol. The molecule has 0 aliphatic rings. The van der Waals surface area contributed by atoms with Gasteiger partial charge >= 0.3 is 17.9 Å². The van der Waals surface area contributed by atoms with E-state index in [2.05, 4.69) is 14.7 Å². The van der Waals surface area contributed by atoms with Gasteiger partial charge in [0.15, 0.2) is 0 Å². The van der Waals surface area contributed by atoms with Gasteiger partial charge < -0.3 is 30.8 Å². The maximum absolute atomic E-state index is 11.1. The standard InChI is InChI=1S/C8H13N3O3.C8H6O4/c9-7(8(13)14-2-1-12)3-6-4-10-5-11-6;9-7(10)5-1-2-6(4-3-5)8(11)12/h4-5,7,12H,1-3,9H2,(H,10,11);1-4H,(H,9,10)(H,11,12)/t7-;/m0./s1. The van der Waals surface area contributed by atoms with Crippen LogP contribution in [0.25, 0.3) is 0 Å². The maximum atomic E-state index is 11.1. The van der Waals surface area contributed by atoms with E-state index in [9.17, 15) is 14.4 Å². The fourth-order valence-corrected chi connectivity index (χ4v) is 1.73. The van der Waals surface area contributed by atoms with Gasteiger partial charge in [-0.25, -0.2) is 14.6 Å². The smallest absolute Gasteiger partial charge is 0.335 e. The second kappa shape index (κ2) is 10.6. The van der Waals surface area contributed by atoms with Gasteiger partial charge in [0.2, 0.25) is 0 Å². The summed E-state index contributed by atoms with van der Waals surface area (Å²) in [7, 11) is 0. The van der Waals surface area contributed by atoms with Crippen molar-refractivity contribution in [3.05, 3.63) is 53.6 Å². The Hall–Kier alpha value is -3.24. The molecular formula is C16H19N3O7. The van der Waals surface area contributed by atoms with Crippen molar-refractivity contribution in [3.8, 4) is 0 Å². The van der Waals surface area contributed by atoms with Gasteiger partial charge in [0.25, 0.3) is 0 Å². The number of aromatic nitrogens is 2. The number of hydrogen-bond acceptors (Lipinski definition) is 7. The van der Waals surface area contributed by atoms with E-state index in [1.165, 1.54) is 30.6 Å². The number of rotatable bonds is 7. The molecule has 0 saturated carbocycles. The monoisotopic (exact) mass is 365 g/mol. The van der Waals surface area contributed by atoms with E-state index < -0.39 is 23.9 Å². The number of nitrogens with zero attached hydrogens (tertiary/aromatic N) is 1. The third-order valence-electron chi connectivity index (χ3n) is 3.01. The Balaban J connectivity index is 0.000000263. The molecule has 10 heteroatoms. The average Bonchev–Trinajstić information content (AvgIpc) is 3.13. The number of benzene rings is 1. The minimum absolute atomic E-state index is 0.0183. The molecule has 0 radical (unpaired) electrons. The SMILES string of the molecule is N[C@@H](Cc1cnc[nH]1)C(=O)OCCO.O=C(O)c1ccc(C(=O)O)cc1. The third kappa shape index (κ3) is 7.11. The molecule has 1 heterocycles. The molecule has 2 aromatic rings. The van der Waals surface area contributed by atoms with E-state index in [0.717, 1.165) is 5.69 Å². The lowest BCUT2D eigenvalue weighted by Crippen LogP contribution is -2.35. The number of aromatic amines is 1. The van der Waals surface area contributed by atoms with Crippen LogP contribution in [0.15, 0.2) is 36.8 Å². The largest absolute Gasteiger partial charge is 0.478 e. The zero-order valence-corrected chi connectivity index (χ0v) is 13.7. The first-order chi connectivity index (χ1) is 12.3. The lowest BCUT2D eigenvalue weighted by atomic mass is 10.1. The van der Waals surface area contributed by atoms with Crippen LogP contribution >= 0.6 is 0 Å². The molecule has 1 aromatic carbocycles. The summed E-state index contributed by atoms with van der Waals surface area (Å²) in [6.45, 7) is -0.210. The van der Waals surface area contributed by atoms with Crippen LogP contribution in [-0.4, -0.2) is 62.5 Å². The number of ether oxygens (including phenoxy) is 1. The normalized spacial score (nSPS) is 11.0. The number of aromatic carboxylic acids is 2. The Kier molecular flexibility index (Phi) is 8.47. The van der Waals surface area contributed by atoms with E-state index in [1.54, 1.807) is 6.20 Å². The van der Waals surface area contributed by atoms with Crippen LogP contribution in [0.1, 0.15) is 26.4 Å². The van der Waals surface area contributed by atoms with Gasteiger partial charge in [-0.05, 0) is 24.3 Å². The predicted octanol–water partition coefficient (Wildman–Crippen LogP) is -0.102. The van der Waals surface area contributed by atoms with E-state index in [4.69, 9.17) is 21.1 Å². The molecule has 6 N–H and O–H groups in total. The van der Waals surface area contributed by atoms with Crippen molar-refractivity contribution >= 4 is 17.9 Å². The number of aliphatic hydroxyl groups is 1. The van der Waals surface area contributed by atoms with Crippen LogP contribution < -0.4 is 5.73 Å². The van der Waals surface area contributed by atoms with E-state index in [1.807, 2.05) is 0 Å². The van der Waals surface area contributed by atoms with Crippen molar-refractivity contribution in [1.29, 1.82) is 0 Å². The number of carboxylic acid groups (broad SMARTS) is 2. The Labute approximate surface area is 148 Å². The van der Waals surface area contributed by atoms with Crippen molar-refractivity contribution < 1.29 is 34.4 Å². The van der Waals surface area contributed by atoms with E-state index in [0.29, 0.717) is 6.42 Å². The highest BCUT2D eigenvalue weighted by molar-refractivity contribution is 5.91. The molecule has 0 unspecified atom stereocenters. The van der Waals surface area contributed by atoms with Gasteiger partial charge in [-0.1, -0.05) is 0 Å². The van der Waals surface area contributed by atoms with Crippen molar-refractivity contribution in [2.75, 3.05) is 13.2 Å². The van der Waals surface area contributed by atoms with Gasteiger partial charge in [0.1, 0.15) is 12.6 Å². The zero-order chi connectivity index (χ0) is 19.5. The van der Waals surface area contributed by atoms with Crippen molar-refractivity contribution in [2.24, 2.45) is 5.73 Å². The highest BCUT2D eigenvalue weighted by Gasteiger charge is 2.15. The number of imidazole rings is 1. The molecule has 0 aliphatic carbocycles. The predicted molar refractivity (Wildman–Crippen MR) is 88.7 cm³/mol. The van der Waals surface area contributed by atoms with Crippen molar-refractivity contribution in [3.63, 3.8) is 0 Å². The second-order valence-electron chi connectivity index (χ2n) is 4.97. The Morgan fingerprint density at radius 1 is 1.12 bits per heavy atom. The first kappa shape index (κ1) is 20.8. The van der Waals surface area contributed by atoms with Crippen LogP contribution in [0.2, 0.25) is 0 Å². The molecule has 0 bridgehead atoms. The van der Waals surface area contributed by atoms with Gasteiger partial charge in [-0.2, -0.15) is 0 Å². The molecule has 0 aliphatic heterocycles. The number of nitrogens with one attached hydrogen (secondary N) is 1. The minimum atomic E-state index is -1.06. The minimum Gasteiger partial charge on any atom is -0.478 e. The van der Waals surface area contributed by atoms with Crippen LogP contribution in [0.5, 0.6) is 0 Å². The summed E-state index contributed by atoms with van der Waals surface area (Å²) >= 11 is 0. The van der Waals surface area contributed by atoms with Crippen LogP contribution in [-0.2, 0) is 16.0 Å². The number of H-pyrrole nitrogens is 1. The van der Waals surface area contributed by atoms with Crippen molar-refractivity contribution in [1.82, 2.24) is 9.97 Å². The van der Waals surface area contributed by atoms with Crippen LogP contribution in [0, 0.1) is 0 Å². The van der Waals surface area contributed by atoms with Gasteiger partial charge in [0, 0.05) is 18.3 Å². The number of hydrogen-bond donors (Lipinski definition) is 5. The first-order valence-electron chi connectivity index (χ1n) is 7.42. The number of carbonyl (C=O) groups is 3. The molecule has 0 saturated heterocycles. The summed E-state index contributed by atoms with van der Waals surface area (Å²) < 4.78 is 4.65. The Morgan fingerprint density at radius 2 is 1.65 bits per heavy atom. The molecule has 1 atom stereocenters.